The molecule has 2 atom stereocenters. The van der Waals surface area contributed by atoms with Gasteiger partial charge in [-0.3, -0.25) is 4.79 Å². The minimum atomic E-state index is -3.21. The third-order valence-electron chi connectivity index (χ3n) is 4.88. The quantitative estimate of drug-likeness (QED) is 0.734. The molecule has 1 aromatic rings. The van der Waals surface area contributed by atoms with Gasteiger partial charge in [0.15, 0.2) is 9.84 Å². The summed E-state index contributed by atoms with van der Waals surface area (Å²) < 4.78 is 23.8. The lowest BCUT2D eigenvalue weighted by Crippen LogP contribution is -2.48. The molecule has 8 heteroatoms. The summed E-state index contributed by atoms with van der Waals surface area (Å²) in [5.74, 6) is -0.908. The van der Waals surface area contributed by atoms with E-state index >= 15 is 0 Å². The van der Waals surface area contributed by atoms with Gasteiger partial charge in [-0.15, -0.1) is 0 Å². The smallest absolute Gasteiger partial charge is 0.317 e. The number of carbonyl (C=O) groups excluding carboxylic acids is 1. The minimum Gasteiger partial charge on any atom is -0.481 e. The fourth-order valence-electron chi connectivity index (χ4n) is 3.32. The van der Waals surface area contributed by atoms with E-state index in [2.05, 4.69) is 5.32 Å². The molecule has 1 aliphatic heterocycles. The molecular formula is C19H28N2O5S. The van der Waals surface area contributed by atoms with Gasteiger partial charge in [0.2, 0.25) is 0 Å². The van der Waals surface area contributed by atoms with Crippen LogP contribution < -0.4 is 5.32 Å². The molecule has 2 unspecified atom stereocenters. The molecule has 1 fully saturated rings. The maximum absolute atomic E-state index is 12.7. The van der Waals surface area contributed by atoms with Gasteiger partial charge in [-0.05, 0) is 31.2 Å². The van der Waals surface area contributed by atoms with Gasteiger partial charge in [0, 0.05) is 31.8 Å². The zero-order valence-electron chi connectivity index (χ0n) is 15.6. The molecule has 2 rings (SSSR count). The molecule has 7 nitrogen and oxygen atoms in total. The molecule has 1 saturated heterocycles. The number of hydrogen-bond acceptors (Lipinski definition) is 4. The number of carboxylic acid groups (broad SMARTS) is 1. The maximum Gasteiger partial charge on any atom is 0.317 e. The minimum absolute atomic E-state index is 0.0380. The number of amides is 2. The van der Waals surface area contributed by atoms with Crippen LogP contribution >= 0.6 is 0 Å². The van der Waals surface area contributed by atoms with Crippen molar-refractivity contribution in [3.8, 4) is 0 Å². The number of aliphatic carboxylic acids is 1. The Morgan fingerprint density at radius 2 is 1.96 bits per heavy atom. The Bertz CT molecular complexity index is 736. The lowest BCUT2D eigenvalue weighted by molar-refractivity contribution is -0.137. The molecule has 1 aromatic carbocycles. The second-order valence-electron chi connectivity index (χ2n) is 7.16. The Labute approximate surface area is 160 Å². The summed E-state index contributed by atoms with van der Waals surface area (Å²) in [6, 6.07) is 8.93. The Hall–Kier alpha value is -2.09. The second-order valence-corrected chi connectivity index (χ2v) is 9.49. The average molecular weight is 397 g/mol. The lowest BCUT2D eigenvalue weighted by atomic mass is 10.0. The average Bonchev–Trinajstić information content (AvgIpc) is 2.87. The molecule has 0 aromatic heterocycles. The summed E-state index contributed by atoms with van der Waals surface area (Å²) in [7, 11) is -3.21. The van der Waals surface area contributed by atoms with Crippen LogP contribution in [0.15, 0.2) is 30.3 Å². The molecule has 0 bridgehead atoms. The molecule has 0 spiro atoms. The first-order chi connectivity index (χ1) is 12.8. The first-order valence-corrected chi connectivity index (χ1v) is 11.2. The number of rotatable bonds is 7. The number of nitrogens with one attached hydrogen (secondary N) is 1. The van der Waals surface area contributed by atoms with Crippen LogP contribution in [0.25, 0.3) is 0 Å². The van der Waals surface area contributed by atoms with Crippen molar-refractivity contribution in [3.63, 3.8) is 0 Å². The van der Waals surface area contributed by atoms with Gasteiger partial charge >= 0.3 is 12.0 Å². The first-order valence-electron chi connectivity index (χ1n) is 9.25. The number of likely N-dealkylation sites (tertiary alicyclic amines) is 1. The van der Waals surface area contributed by atoms with Crippen LogP contribution in [-0.4, -0.2) is 61.1 Å². The fraction of sp³-hybridized carbons (Fsp3) is 0.579. The zero-order valence-corrected chi connectivity index (χ0v) is 16.5. The number of carbonyl (C=O) groups is 2. The Morgan fingerprint density at radius 1 is 1.26 bits per heavy atom. The fourth-order valence-corrected chi connectivity index (χ4v) is 4.37. The van der Waals surface area contributed by atoms with Crippen LogP contribution in [-0.2, 0) is 21.1 Å². The third kappa shape index (κ3) is 7.21. The summed E-state index contributed by atoms with van der Waals surface area (Å²) in [6.45, 7) is 0.691. The monoisotopic (exact) mass is 396 g/mol. The SMILES string of the molecule is CS(=O)(=O)C1CCCCN(C(=O)NC(CCC(=O)O)Cc2ccccc2)C1. The molecule has 2 amide bonds. The molecule has 1 heterocycles. The Balaban J connectivity index is 2.05. The molecule has 27 heavy (non-hydrogen) atoms. The molecule has 0 aliphatic carbocycles. The first kappa shape index (κ1) is 21.2. The van der Waals surface area contributed by atoms with Gasteiger partial charge in [0.25, 0.3) is 0 Å². The van der Waals surface area contributed by atoms with E-state index in [0.29, 0.717) is 25.8 Å². The van der Waals surface area contributed by atoms with Crippen LogP contribution in [0.1, 0.15) is 37.7 Å². The maximum atomic E-state index is 12.7. The van der Waals surface area contributed by atoms with Crippen LogP contribution in [0.2, 0.25) is 0 Å². The number of benzene rings is 1. The molecule has 0 radical (unpaired) electrons. The lowest BCUT2D eigenvalue weighted by Gasteiger charge is -2.27. The van der Waals surface area contributed by atoms with E-state index in [1.54, 1.807) is 4.90 Å². The van der Waals surface area contributed by atoms with Crippen molar-refractivity contribution >= 4 is 21.8 Å². The highest BCUT2D eigenvalue weighted by molar-refractivity contribution is 7.91. The topological polar surface area (TPSA) is 104 Å². The summed E-state index contributed by atoms with van der Waals surface area (Å²) in [5.41, 5.74) is 1.01. The summed E-state index contributed by atoms with van der Waals surface area (Å²) in [5, 5.41) is 11.4. The predicted molar refractivity (Wildman–Crippen MR) is 103 cm³/mol. The molecule has 150 valence electrons. The van der Waals surface area contributed by atoms with E-state index in [-0.39, 0.29) is 25.0 Å². The highest BCUT2D eigenvalue weighted by Crippen LogP contribution is 2.17. The van der Waals surface area contributed by atoms with Gasteiger partial charge < -0.3 is 15.3 Å². The highest BCUT2D eigenvalue weighted by Gasteiger charge is 2.29. The highest BCUT2D eigenvalue weighted by atomic mass is 32.2. The van der Waals surface area contributed by atoms with Crippen molar-refractivity contribution in [1.82, 2.24) is 10.2 Å². The van der Waals surface area contributed by atoms with Crippen molar-refractivity contribution < 1.29 is 23.1 Å². The van der Waals surface area contributed by atoms with Crippen LogP contribution in [0.5, 0.6) is 0 Å². The van der Waals surface area contributed by atoms with Gasteiger partial charge in [-0.1, -0.05) is 36.8 Å². The third-order valence-corrected chi connectivity index (χ3v) is 6.48. The van der Waals surface area contributed by atoms with Crippen molar-refractivity contribution in [2.24, 2.45) is 0 Å². The van der Waals surface area contributed by atoms with E-state index < -0.39 is 21.1 Å². The van der Waals surface area contributed by atoms with E-state index in [4.69, 9.17) is 5.11 Å². The van der Waals surface area contributed by atoms with Gasteiger partial charge in [0.1, 0.15) is 0 Å². The van der Waals surface area contributed by atoms with Crippen molar-refractivity contribution in [2.75, 3.05) is 19.3 Å². The Morgan fingerprint density at radius 3 is 2.59 bits per heavy atom. The second kappa shape index (κ2) is 9.73. The van der Waals surface area contributed by atoms with E-state index in [1.165, 1.54) is 6.26 Å². The summed E-state index contributed by atoms with van der Waals surface area (Å²) >= 11 is 0. The van der Waals surface area contributed by atoms with E-state index in [9.17, 15) is 18.0 Å². The normalized spacial score (nSPS) is 19.1. The molecule has 2 N–H and O–H groups in total. The van der Waals surface area contributed by atoms with Crippen molar-refractivity contribution in [1.29, 1.82) is 0 Å². The zero-order chi connectivity index (χ0) is 19.9. The van der Waals surface area contributed by atoms with E-state index in [0.717, 1.165) is 18.4 Å². The predicted octanol–water partition coefficient (Wildman–Crippen LogP) is 2.07. The molecular weight excluding hydrogens is 368 g/mol. The number of sulfone groups is 1. The van der Waals surface area contributed by atoms with Crippen LogP contribution in [0.4, 0.5) is 4.79 Å². The molecule has 0 saturated carbocycles. The number of hydrogen-bond donors (Lipinski definition) is 2. The Kier molecular flexibility index (Phi) is 7.65. The molecule has 1 aliphatic rings. The standard InChI is InChI=1S/C19H28N2O5S/c1-27(25,26)17-9-5-6-12-21(14-17)19(24)20-16(10-11-18(22)23)13-15-7-3-2-4-8-15/h2-4,7-8,16-17H,5-6,9-14H2,1H3,(H,20,24)(H,22,23). The van der Waals surface area contributed by atoms with Crippen LogP contribution in [0.3, 0.4) is 0 Å². The largest absolute Gasteiger partial charge is 0.481 e. The van der Waals surface area contributed by atoms with Gasteiger partial charge in [0.05, 0.1) is 5.25 Å². The van der Waals surface area contributed by atoms with Crippen LogP contribution in [0, 0.1) is 0 Å². The van der Waals surface area contributed by atoms with Gasteiger partial charge in [-0.25, -0.2) is 13.2 Å². The number of nitrogens with zero attached hydrogens (tertiary/aromatic N) is 1. The number of carboxylic acids is 1. The summed E-state index contributed by atoms with van der Waals surface area (Å²) in [4.78, 5) is 25.2. The van der Waals surface area contributed by atoms with E-state index in [1.807, 2.05) is 30.3 Å². The number of urea groups is 1. The van der Waals surface area contributed by atoms with Crippen molar-refractivity contribution in [2.45, 2.75) is 49.8 Å². The van der Waals surface area contributed by atoms with Crippen molar-refractivity contribution in [3.05, 3.63) is 35.9 Å². The summed E-state index contributed by atoms with van der Waals surface area (Å²) in [6.07, 6.45) is 4.12. The van der Waals surface area contributed by atoms with Gasteiger partial charge in [-0.2, -0.15) is 0 Å².